The van der Waals surface area contributed by atoms with Crippen LogP contribution in [0.2, 0.25) is 0 Å². The van der Waals surface area contributed by atoms with Crippen molar-refractivity contribution >= 4 is 16.7 Å². The van der Waals surface area contributed by atoms with E-state index in [1.807, 2.05) is 42.7 Å². The second-order valence-corrected chi connectivity index (χ2v) is 7.79. The quantitative estimate of drug-likeness (QED) is 0.404. The Hall–Kier alpha value is -3.71. The molecule has 5 aromatic rings. The molecule has 0 atom stereocenters. The summed E-state index contributed by atoms with van der Waals surface area (Å²) in [5, 5.41) is 0. The van der Waals surface area contributed by atoms with E-state index in [1.54, 1.807) is 6.33 Å². The molecule has 0 bridgehead atoms. The Labute approximate surface area is 180 Å². The third kappa shape index (κ3) is 3.87. The van der Waals surface area contributed by atoms with Crippen molar-refractivity contribution in [2.45, 2.75) is 6.42 Å². The lowest BCUT2D eigenvalue weighted by molar-refractivity contribution is 0.273. The van der Waals surface area contributed by atoms with Crippen molar-refractivity contribution in [3.8, 4) is 28.3 Å². The van der Waals surface area contributed by atoms with Crippen LogP contribution < -0.4 is 4.74 Å². The van der Waals surface area contributed by atoms with Crippen LogP contribution in [0.1, 0.15) is 6.42 Å². The molecule has 0 amide bonds. The topological polar surface area (TPSA) is 71.3 Å². The first-order valence-corrected chi connectivity index (χ1v) is 10.3. The molecule has 0 saturated heterocycles. The zero-order chi connectivity index (χ0) is 21.2. The first-order chi connectivity index (χ1) is 15.2. The van der Waals surface area contributed by atoms with Gasteiger partial charge in [0.15, 0.2) is 0 Å². The number of ether oxygens (including phenoxy) is 1. The maximum absolute atomic E-state index is 5.76. The Kier molecular flexibility index (Phi) is 5.09. The Morgan fingerprint density at radius 1 is 1.03 bits per heavy atom. The zero-order valence-electron chi connectivity index (χ0n) is 17.6. The third-order valence-corrected chi connectivity index (χ3v) is 5.28. The second-order valence-electron chi connectivity index (χ2n) is 7.79. The van der Waals surface area contributed by atoms with E-state index in [0.29, 0.717) is 12.5 Å². The van der Waals surface area contributed by atoms with Crippen molar-refractivity contribution < 1.29 is 4.74 Å². The molecule has 0 saturated carbocycles. The average Bonchev–Trinajstić information content (AvgIpc) is 3.44. The summed E-state index contributed by atoms with van der Waals surface area (Å²) in [5.74, 6) is 0.651. The molecule has 0 radical (unpaired) electrons. The Morgan fingerprint density at radius 2 is 1.94 bits per heavy atom. The lowest BCUT2D eigenvalue weighted by Crippen LogP contribution is -2.15. The van der Waals surface area contributed by atoms with Gasteiger partial charge in [0.1, 0.15) is 5.65 Å². The lowest BCUT2D eigenvalue weighted by Gasteiger charge is -2.10. The van der Waals surface area contributed by atoms with Gasteiger partial charge in [0.05, 0.1) is 35.9 Å². The minimum atomic E-state index is 0.651. The fraction of sp³-hybridized carbons (Fsp3) is 0.208. The molecule has 5 rings (SSSR count). The molecule has 4 heterocycles. The number of fused-ring (bicyclic) bond motifs is 3. The number of imidazole rings is 2. The molecule has 4 aromatic heterocycles. The van der Waals surface area contributed by atoms with E-state index < -0.39 is 0 Å². The highest BCUT2D eigenvalue weighted by Gasteiger charge is 2.12. The predicted octanol–water partition coefficient (Wildman–Crippen LogP) is 4.27. The van der Waals surface area contributed by atoms with Gasteiger partial charge in [-0.15, -0.1) is 0 Å². The van der Waals surface area contributed by atoms with Gasteiger partial charge in [0, 0.05) is 41.7 Å². The number of benzene rings is 1. The fourth-order valence-electron chi connectivity index (χ4n) is 3.75. The van der Waals surface area contributed by atoms with Gasteiger partial charge >= 0.3 is 0 Å². The maximum atomic E-state index is 5.76. The van der Waals surface area contributed by atoms with E-state index in [0.717, 1.165) is 52.0 Å². The number of nitrogens with one attached hydrogen (secondary N) is 1. The van der Waals surface area contributed by atoms with Crippen LogP contribution in [-0.2, 0) is 0 Å². The van der Waals surface area contributed by atoms with Gasteiger partial charge in [0.25, 0.3) is 0 Å². The van der Waals surface area contributed by atoms with Gasteiger partial charge in [-0.1, -0.05) is 12.1 Å². The van der Waals surface area contributed by atoms with Gasteiger partial charge in [-0.25, -0.2) is 15.0 Å². The van der Waals surface area contributed by atoms with E-state index in [9.17, 15) is 0 Å². The largest absolute Gasteiger partial charge is 0.478 e. The number of aromatic amines is 1. The highest BCUT2D eigenvalue weighted by molar-refractivity contribution is 5.94. The monoisotopic (exact) mass is 412 g/mol. The molecule has 7 heteroatoms. The Morgan fingerprint density at radius 3 is 2.71 bits per heavy atom. The summed E-state index contributed by atoms with van der Waals surface area (Å²) >= 11 is 0. The van der Waals surface area contributed by atoms with E-state index in [4.69, 9.17) is 9.72 Å². The molecule has 156 valence electrons. The van der Waals surface area contributed by atoms with E-state index in [-0.39, 0.29) is 0 Å². The number of pyridine rings is 2. The molecule has 0 unspecified atom stereocenters. The van der Waals surface area contributed by atoms with Crippen molar-refractivity contribution in [3.63, 3.8) is 0 Å². The smallest absolute Gasteiger partial charge is 0.213 e. The summed E-state index contributed by atoms with van der Waals surface area (Å²) in [6, 6.07) is 14.2. The maximum Gasteiger partial charge on any atom is 0.213 e. The minimum Gasteiger partial charge on any atom is -0.478 e. The molecule has 0 fully saturated rings. The van der Waals surface area contributed by atoms with Gasteiger partial charge < -0.3 is 14.6 Å². The summed E-state index contributed by atoms with van der Waals surface area (Å²) in [7, 11) is 4.12. The van der Waals surface area contributed by atoms with Crippen LogP contribution in [0.3, 0.4) is 0 Å². The molecule has 0 aliphatic rings. The molecule has 7 nitrogen and oxygen atoms in total. The van der Waals surface area contributed by atoms with Gasteiger partial charge in [-0.2, -0.15) is 0 Å². The van der Waals surface area contributed by atoms with E-state index >= 15 is 0 Å². The summed E-state index contributed by atoms with van der Waals surface area (Å²) in [4.78, 5) is 18.8. The Bertz CT molecular complexity index is 1310. The lowest BCUT2D eigenvalue weighted by atomic mass is 10.1. The van der Waals surface area contributed by atoms with Gasteiger partial charge in [-0.3, -0.25) is 4.40 Å². The SMILES string of the molecule is CN(C)CCCOc1ccc(-c2ccc3nc4cccc(-c5cnc[nH]5)c4n3c2)cn1. The van der Waals surface area contributed by atoms with Gasteiger partial charge in [-0.05, 0) is 44.8 Å². The molecular formula is C24H24N6O. The highest BCUT2D eigenvalue weighted by Crippen LogP contribution is 2.30. The van der Waals surface area contributed by atoms with Crippen LogP contribution in [-0.4, -0.2) is 56.5 Å². The molecule has 0 aliphatic heterocycles. The van der Waals surface area contributed by atoms with E-state index in [1.165, 1.54) is 0 Å². The fourth-order valence-corrected chi connectivity index (χ4v) is 3.75. The third-order valence-electron chi connectivity index (χ3n) is 5.28. The second kappa shape index (κ2) is 8.20. The highest BCUT2D eigenvalue weighted by atomic mass is 16.5. The molecular weight excluding hydrogens is 388 g/mol. The number of H-pyrrole nitrogens is 1. The first kappa shape index (κ1) is 19.3. The summed E-state index contributed by atoms with van der Waals surface area (Å²) in [6.45, 7) is 1.66. The summed E-state index contributed by atoms with van der Waals surface area (Å²) in [5.41, 5.74) is 7.04. The molecule has 31 heavy (non-hydrogen) atoms. The number of hydrogen-bond acceptors (Lipinski definition) is 5. The molecule has 0 spiro atoms. The zero-order valence-corrected chi connectivity index (χ0v) is 17.6. The molecule has 1 aromatic carbocycles. The standard InChI is InChI=1S/C24H24N6O/c1-29(2)11-4-12-31-23-10-8-17(13-26-23)18-7-9-22-28-20-6-3-5-19(21-14-25-16-27-21)24(20)30(22)15-18/h3,5-10,13-16H,4,11-12H2,1-2H3,(H,25,27). The van der Waals surface area contributed by atoms with E-state index in [2.05, 4.69) is 56.7 Å². The minimum absolute atomic E-state index is 0.651. The number of hydrogen-bond donors (Lipinski definition) is 1. The summed E-state index contributed by atoms with van der Waals surface area (Å²) < 4.78 is 7.89. The van der Waals surface area contributed by atoms with Crippen molar-refractivity contribution in [1.82, 2.24) is 29.2 Å². The van der Waals surface area contributed by atoms with Crippen molar-refractivity contribution in [1.29, 1.82) is 0 Å². The van der Waals surface area contributed by atoms with Crippen LogP contribution in [0.5, 0.6) is 5.88 Å². The number of para-hydroxylation sites is 1. The van der Waals surface area contributed by atoms with Crippen molar-refractivity contribution in [2.24, 2.45) is 0 Å². The van der Waals surface area contributed by atoms with Crippen molar-refractivity contribution in [3.05, 3.63) is 67.4 Å². The number of rotatable bonds is 7. The van der Waals surface area contributed by atoms with Crippen LogP contribution in [0.4, 0.5) is 0 Å². The number of nitrogens with zero attached hydrogens (tertiary/aromatic N) is 5. The summed E-state index contributed by atoms with van der Waals surface area (Å²) in [6.07, 6.45) is 8.47. The van der Waals surface area contributed by atoms with Gasteiger partial charge in [0.2, 0.25) is 5.88 Å². The van der Waals surface area contributed by atoms with Crippen LogP contribution in [0, 0.1) is 0 Å². The molecule has 1 N–H and O–H groups in total. The predicted molar refractivity (Wildman–Crippen MR) is 122 cm³/mol. The van der Waals surface area contributed by atoms with Crippen LogP contribution >= 0.6 is 0 Å². The number of aromatic nitrogens is 5. The van der Waals surface area contributed by atoms with Crippen LogP contribution in [0.15, 0.2) is 67.4 Å². The van der Waals surface area contributed by atoms with Crippen LogP contribution in [0.25, 0.3) is 39.1 Å². The van der Waals surface area contributed by atoms with Crippen molar-refractivity contribution in [2.75, 3.05) is 27.2 Å². The Balaban J connectivity index is 1.46. The average molecular weight is 412 g/mol. The first-order valence-electron chi connectivity index (χ1n) is 10.3. The molecule has 0 aliphatic carbocycles. The normalized spacial score (nSPS) is 11.6.